The second-order valence-electron chi connectivity index (χ2n) is 3.90. The number of aromatic carboxylic acids is 1. The normalized spacial score (nSPS) is 11.3. The average Bonchev–Trinajstić information content (AvgIpc) is 2.27. The summed E-state index contributed by atoms with van der Waals surface area (Å²) in [5.41, 5.74) is 0.106. The molecule has 0 heterocycles. The van der Waals surface area contributed by atoms with E-state index in [1.807, 2.05) is 0 Å². The van der Waals surface area contributed by atoms with Crippen LogP contribution in [0.5, 0.6) is 0 Å². The molecular formula is C12H12Cl2O4S. The summed E-state index contributed by atoms with van der Waals surface area (Å²) in [7, 11) is -3.73. The van der Waals surface area contributed by atoms with Gasteiger partial charge in [0, 0.05) is 0 Å². The van der Waals surface area contributed by atoms with E-state index in [2.05, 4.69) is 6.58 Å². The predicted molar refractivity (Wildman–Crippen MR) is 74.9 cm³/mol. The zero-order valence-corrected chi connectivity index (χ0v) is 12.4. The maximum absolute atomic E-state index is 12.1. The summed E-state index contributed by atoms with van der Waals surface area (Å²) in [6.45, 7) is 5.41. The molecule has 7 heteroatoms. The molecule has 0 saturated carbocycles. The number of sulfone groups is 1. The van der Waals surface area contributed by atoms with Crippen LogP contribution in [0.1, 0.15) is 23.7 Å². The van der Waals surface area contributed by atoms with Gasteiger partial charge in [-0.3, -0.25) is 0 Å². The molecule has 0 aliphatic carbocycles. The van der Waals surface area contributed by atoms with Gasteiger partial charge < -0.3 is 5.11 Å². The lowest BCUT2D eigenvalue weighted by Crippen LogP contribution is -2.11. The van der Waals surface area contributed by atoms with Crippen molar-refractivity contribution in [1.82, 2.24) is 0 Å². The summed E-state index contributed by atoms with van der Waals surface area (Å²) in [5, 5.41) is 8.51. The van der Waals surface area contributed by atoms with Crippen molar-refractivity contribution in [1.29, 1.82) is 0 Å². The smallest absolute Gasteiger partial charge is 0.338 e. The van der Waals surface area contributed by atoms with E-state index in [1.165, 1.54) is 12.1 Å². The summed E-state index contributed by atoms with van der Waals surface area (Å²) < 4.78 is 24.3. The largest absolute Gasteiger partial charge is 0.478 e. The van der Waals surface area contributed by atoms with Crippen molar-refractivity contribution in [3.63, 3.8) is 0 Å². The number of carbonyl (C=O) groups is 1. The van der Waals surface area contributed by atoms with Crippen LogP contribution < -0.4 is 0 Å². The first-order valence-corrected chi connectivity index (χ1v) is 7.72. The predicted octanol–water partition coefficient (Wildman–Crippen LogP) is 3.43. The number of halogens is 2. The van der Waals surface area contributed by atoms with E-state index in [1.54, 1.807) is 6.92 Å². The molecule has 4 nitrogen and oxygen atoms in total. The van der Waals surface area contributed by atoms with Crippen LogP contribution in [0, 0.1) is 0 Å². The average molecular weight is 323 g/mol. The lowest BCUT2D eigenvalue weighted by Gasteiger charge is -2.10. The molecule has 1 N–H and O–H groups in total. The number of hydrogen-bond acceptors (Lipinski definition) is 3. The van der Waals surface area contributed by atoms with Crippen LogP contribution in [0.2, 0.25) is 10.0 Å². The van der Waals surface area contributed by atoms with E-state index < -0.39 is 21.4 Å². The Balaban J connectivity index is 3.41. The summed E-state index contributed by atoms with van der Waals surface area (Å²) in [6, 6.07) is 2.41. The number of carboxylic acids is 1. The Morgan fingerprint density at radius 2 is 1.95 bits per heavy atom. The Kier molecular flexibility index (Phi) is 5.01. The second kappa shape index (κ2) is 5.94. The van der Waals surface area contributed by atoms with Crippen LogP contribution in [0.4, 0.5) is 0 Å². The molecule has 1 aromatic rings. The fourth-order valence-corrected chi connectivity index (χ4v) is 3.85. The van der Waals surface area contributed by atoms with Crippen molar-refractivity contribution in [3.8, 4) is 0 Å². The van der Waals surface area contributed by atoms with E-state index >= 15 is 0 Å². The molecule has 0 aromatic heterocycles. The Bertz CT molecular complexity index is 635. The zero-order chi connectivity index (χ0) is 14.8. The Morgan fingerprint density at radius 3 is 2.42 bits per heavy atom. The summed E-state index contributed by atoms with van der Waals surface area (Å²) >= 11 is 11.5. The minimum absolute atomic E-state index is 0.106. The van der Waals surface area contributed by atoms with Crippen molar-refractivity contribution in [2.75, 3.05) is 5.75 Å². The first-order valence-electron chi connectivity index (χ1n) is 5.31. The van der Waals surface area contributed by atoms with Gasteiger partial charge in [-0.25, -0.2) is 13.2 Å². The molecule has 0 radical (unpaired) electrons. The van der Waals surface area contributed by atoms with Gasteiger partial charge in [0.1, 0.15) is 0 Å². The Hall–Kier alpha value is -1.04. The molecule has 0 atom stereocenters. The third-order valence-corrected chi connectivity index (χ3v) is 5.12. The topological polar surface area (TPSA) is 71.4 Å². The maximum Gasteiger partial charge on any atom is 0.338 e. The van der Waals surface area contributed by atoms with E-state index in [0.29, 0.717) is 12.0 Å². The van der Waals surface area contributed by atoms with E-state index in [0.717, 1.165) is 0 Å². The minimum atomic E-state index is -3.73. The quantitative estimate of drug-likeness (QED) is 0.843. The van der Waals surface area contributed by atoms with Gasteiger partial charge in [-0.05, 0) is 18.6 Å². The molecule has 0 amide bonds. The van der Waals surface area contributed by atoms with Crippen LogP contribution in [-0.4, -0.2) is 25.2 Å². The highest BCUT2D eigenvalue weighted by molar-refractivity contribution is 7.91. The van der Waals surface area contributed by atoms with Crippen LogP contribution in [0.25, 0.3) is 0 Å². The third-order valence-electron chi connectivity index (χ3n) is 2.50. The zero-order valence-electron chi connectivity index (χ0n) is 10.1. The first-order chi connectivity index (χ1) is 8.70. The van der Waals surface area contributed by atoms with E-state index in [9.17, 15) is 13.2 Å². The van der Waals surface area contributed by atoms with Crippen molar-refractivity contribution in [2.24, 2.45) is 0 Å². The van der Waals surface area contributed by atoms with Gasteiger partial charge in [0.05, 0.1) is 26.3 Å². The standard InChI is InChI=1S/C12H12Cl2O4S/c1-3-7(2)6-19(17,18)9-5-4-8(13)10(11(9)14)12(15)16/h4-5H,2-3,6H2,1H3,(H,15,16). The molecule has 0 fully saturated rings. The number of benzene rings is 1. The second-order valence-corrected chi connectivity index (χ2v) is 6.65. The van der Waals surface area contributed by atoms with Crippen molar-refractivity contribution in [3.05, 3.63) is 39.9 Å². The molecule has 104 valence electrons. The van der Waals surface area contributed by atoms with Crippen LogP contribution >= 0.6 is 23.2 Å². The van der Waals surface area contributed by atoms with Gasteiger partial charge in [0.15, 0.2) is 9.84 Å². The summed E-state index contributed by atoms with van der Waals surface area (Å²) in [4.78, 5) is 10.8. The van der Waals surface area contributed by atoms with Gasteiger partial charge in [-0.2, -0.15) is 0 Å². The Morgan fingerprint density at radius 1 is 1.37 bits per heavy atom. The lowest BCUT2D eigenvalue weighted by atomic mass is 10.2. The van der Waals surface area contributed by atoms with Gasteiger partial charge >= 0.3 is 5.97 Å². The van der Waals surface area contributed by atoms with E-state index in [4.69, 9.17) is 28.3 Å². The molecule has 0 aliphatic heterocycles. The summed E-state index contributed by atoms with van der Waals surface area (Å²) in [5.74, 6) is -1.65. The molecule has 0 bridgehead atoms. The van der Waals surface area contributed by atoms with Crippen molar-refractivity contribution < 1.29 is 18.3 Å². The van der Waals surface area contributed by atoms with Gasteiger partial charge in [-0.1, -0.05) is 42.3 Å². The molecule has 0 saturated heterocycles. The highest BCUT2D eigenvalue weighted by Crippen LogP contribution is 2.32. The monoisotopic (exact) mass is 322 g/mol. The highest BCUT2D eigenvalue weighted by atomic mass is 35.5. The van der Waals surface area contributed by atoms with Crippen LogP contribution in [0.3, 0.4) is 0 Å². The van der Waals surface area contributed by atoms with E-state index in [-0.39, 0.29) is 20.7 Å². The van der Waals surface area contributed by atoms with Crippen LogP contribution in [-0.2, 0) is 9.84 Å². The third kappa shape index (κ3) is 3.49. The maximum atomic E-state index is 12.1. The summed E-state index contributed by atoms with van der Waals surface area (Å²) in [6.07, 6.45) is 0.510. The molecule has 0 spiro atoms. The first kappa shape index (κ1) is 16.0. The fourth-order valence-electron chi connectivity index (χ4n) is 1.42. The molecular weight excluding hydrogens is 311 g/mol. The molecule has 0 aliphatic rings. The number of hydrogen-bond donors (Lipinski definition) is 1. The van der Waals surface area contributed by atoms with Gasteiger partial charge in [0.2, 0.25) is 0 Å². The molecule has 0 unspecified atom stereocenters. The van der Waals surface area contributed by atoms with Crippen molar-refractivity contribution in [2.45, 2.75) is 18.2 Å². The highest BCUT2D eigenvalue weighted by Gasteiger charge is 2.25. The van der Waals surface area contributed by atoms with Crippen LogP contribution in [0.15, 0.2) is 29.2 Å². The molecule has 19 heavy (non-hydrogen) atoms. The molecule has 1 rings (SSSR count). The minimum Gasteiger partial charge on any atom is -0.478 e. The SMILES string of the molecule is C=C(CC)CS(=O)(=O)c1ccc(Cl)c(C(=O)O)c1Cl. The molecule has 1 aromatic carbocycles. The van der Waals surface area contributed by atoms with Gasteiger partial charge in [-0.15, -0.1) is 0 Å². The lowest BCUT2D eigenvalue weighted by molar-refractivity contribution is 0.0697. The number of rotatable bonds is 5. The van der Waals surface area contributed by atoms with Crippen molar-refractivity contribution >= 4 is 39.0 Å². The van der Waals surface area contributed by atoms with Gasteiger partial charge in [0.25, 0.3) is 0 Å². The Labute approximate surface area is 121 Å². The number of carboxylic acid groups (broad SMARTS) is 1. The fraction of sp³-hybridized carbons (Fsp3) is 0.250.